The summed E-state index contributed by atoms with van der Waals surface area (Å²) < 4.78 is 53.2. The Hall–Kier alpha value is -3.44. The molecule has 0 radical (unpaired) electrons. The fraction of sp³-hybridized carbons (Fsp3) is 0.429. The number of benzene rings is 2. The molecule has 5 rings (SSSR count). The van der Waals surface area contributed by atoms with Crippen LogP contribution in [0.5, 0.6) is 11.5 Å². The molecule has 3 heterocycles. The quantitative estimate of drug-likeness (QED) is 0.377. The molecule has 8 nitrogen and oxygen atoms in total. The lowest BCUT2D eigenvalue weighted by Crippen LogP contribution is -2.53. The summed E-state index contributed by atoms with van der Waals surface area (Å²) in [6.07, 6.45) is -3.72. The number of ether oxygens (including phenoxy) is 2. The van der Waals surface area contributed by atoms with E-state index in [0.29, 0.717) is 51.2 Å². The average Bonchev–Trinajstić information content (AvgIpc) is 3.37. The van der Waals surface area contributed by atoms with Crippen molar-refractivity contribution >= 4 is 23.8 Å². The van der Waals surface area contributed by atoms with Crippen molar-refractivity contribution in [3.8, 4) is 22.8 Å². The van der Waals surface area contributed by atoms with Crippen molar-refractivity contribution in [2.45, 2.75) is 50.6 Å². The Labute approximate surface area is 236 Å². The second kappa shape index (κ2) is 12.4. The van der Waals surface area contributed by atoms with Gasteiger partial charge >= 0.3 is 6.18 Å². The number of hydrogen-bond acceptors (Lipinski definition) is 6. The molecule has 2 unspecified atom stereocenters. The Morgan fingerprint density at radius 1 is 1.05 bits per heavy atom. The van der Waals surface area contributed by atoms with Crippen molar-refractivity contribution in [1.82, 2.24) is 20.0 Å². The van der Waals surface area contributed by atoms with Crippen LogP contribution in [0.4, 0.5) is 19.0 Å². The first-order valence-electron chi connectivity index (χ1n) is 12.9. The van der Waals surface area contributed by atoms with E-state index in [-0.39, 0.29) is 6.42 Å². The number of rotatable bonds is 5. The minimum absolute atomic E-state index is 0.201. The predicted octanol–water partition coefficient (Wildman–Crippen LogP) is 5.71. The van der Waals surface area contributed by atoms with Gasteiger partial charge < -0.3 is 25.0 Å². The Morgan fingerprint density at radius 3 is 2.35 bits per heavy atom. The van der Waals surface area contributed by atoms with Crippen LogP contribution in [0.25, 0.3) is 11.3 Å². The summed E-state index contributed by atoms with van der Waals surface area (Å²) in [5.41, 5.74) is 1.80. The molecule has 216 valence electrons. The molecule has 0 saturated carbocycles. The predicted molar refractivity (Wildman–Crippen MR) is 148 cm³/mol. The number of carbonyl (C=O) groups is 1. The average molecular weight is 580 g/mol. The van der Waals surface area contributed by atoms with Crippen molar-refractivity contribution in [2.75, 3.05) is 32.6 Å². The number of methoxy groups -OCH3 is 2. The smallest absolute Gasteiger partial charge is 0.410 e. The van der Waals surface area contributed by atoms with Crippen molar-refractivity contribution in [2.24, 2.45) is 0 Å². The third-order valence-corrected chi connectivity index (χ3v) is 7.34. The van der Waals surface area contributed by atoms with E-state index in [1.807, 2.05) is 11.8 Å². The van der Waals surface area contributed by atoms with Gasteiger partial charge in [-0.2, -0.15) is 18.3 Å². The lowest BCUT2D eigenvalue weighted by molar-refractivity contribution is -0.173. The van der Waals surface area contributed by atoms with Gasteiger partial charge in [-0.1, -0.05) is 29.8 Å². The number of anilines is 1. The fourth-order valence-corrected chi connectivity index (χ4v) is 4.95. The van der Waals surface area contributed by atoms with E-state index in [2.05, 4.69) is 22.7 Å². The Balaban J connectivity index is 0.000000312. The SMILES string of the molecule is COc1ccc(C2CC(C(F)(F)F)n3nc(-c4ccc(Cl)cc4)cc3N2)cc1OC.C[C@@H]1CN(C=O)[C@H](C)CN1. The highest BCUT2D eigenvalue weighted by Gasteiger charge is 2.46. The molecule has 0 aliphatic carbocycles. The minimum atomic E-state index is -4.45. The number of amides is 1. The molecule has 0 spiro atoms. The van der Waals surface area contributed by atoms with E-state index >= 15 is 0 Å². The number of hydrogen-bond donors (Lipinski definition) is 2. The van der Waals surface area contributed by atoms with Crippen LogP contribution in [-0.2, 0) is 4.79 Å². The highest BCUT2D eigenvalue weighted by molar-refractivity contribution is 6.30. The van der Waals surface area contributed by atoms with Gasteiger partial charge in [0.15, 0.2) is 17.5 Å². The number of halogens is 4. The number of nitrogens with zero attached hydrogens (tertiary/aromatic N) is 3. The van der Waals surface area contributed by atoms with Crippen molar-refractivity contribution < 1.29 is 27.4 Å². The molecule has 3 aromatic rings. The summed E-state index contributed by atoms with van der Waals surface area (Å²) >= 11 is 5.91. The maximum atomic E-state index is 13.9. The zero-order chi connectivity index (χ0) is 29.0. The van der Waals surface area contributed by atoms with Gasteiger partial charge in [0.1, 0.15) is 5.82 Å². The molecule has 4 atom stereocenters. The second-order valence-electron chi connectivity index (χ2n) is 9.93. The van der Waals surface area contributed by atoms with E-state index in [4.69, 9.17) is 21.1 Å². The first-order chi connectivity index (χ1) is 19.0. The van der Waals surface area contributed by atoms with E-state index in [1.54, 1.807) is 48.5 Å². The van der Waals surface area contributed by atoms with Crippen molar-refractivity contribution in [3.05, 3.63) is 59.1 Å². The highest BCUT2D eigenvalue weighted by atomic mass is 35.5. The zero-order valence-electron chi connectivity index (χ0n) is 22.7. The van der Waals surface area contributed by atoms with Gasteiger partial charge in [0.2, 0.25) is 6.41 Å². The lowest BCUT2D eigenvalue weighted by Gasteiger charge is -2.34. The van der Waals surface area contributed by atoms with Gasteiger partial charge in [0.05, 0.1) is 26.0 Å². The number of nitrogens with one attached hydrogen (secondary N) is 2. The Kier molecular flexibility index (Phi) is 9.15. The van der Waals surface area contributed by atoms with Crippen LogP contribution >= 0.6 is 11.6 Å². The fourth-order valence-electron chi connectivity index (χ4n) is 4.82. The summed E-state index contributed by atoms with van der Waals surface area (Å²) in [5.74, 6) is 1.27. The van der Waals surface area contributed by atoms with E-state index < -0.39 is 18.3 Å². The number of alkyl halides is 3. The zero-order valence-corrected chi connectivity index (χ0v) is 23.5. The molecule has 40 heavy (non-hydrogen) atoms. The number of aromatic nitrogens is 2. The van der Waals surface area contributed by atoms with Crippen LogP contribution in [0.3, 0.4) is 0 Å². The molecule has 2 aromatic carbocycles. The Bertz CT molecular complexity index is 1300. The largest absolute Gasteiger partial charge is 0.493 e. The molecule has 1 amide bonds. The molecule has 1 saturated heterocycles. The summed E-state index contributed by atoms with van der Waals surface area (Å²) in [4.78, 5) is 12.2. The molecule has 12 heteroatoms. The van der Waals surface area contributed by atoms with Gasteiger partial charge in [0, 0.05) is 48.2 Å². The normalized spacial score (nSPS) is 22.4. The van der Waals surface area contributed by atoms with Gasteiger partial charge in [-0.05, 0) is 43.7 Å². The van der Waals surface area contributed by atoms with Crippen molar-refractivity contribution in [1.29, 1.82) is 0 Å². The van der Waals surface area contributed by atoms with Crippen LogP contribution < -0.4 is 20.1 Å². The summed E-state index contributed by atoms with van der Waals surface area (Å²) in [5, 5.41) is 11.3. The van der Waals surface area contributed by atoms with E-state index in [1.165, 1.54) is 14.2 Å². The maximum absolute atomic E-state index is 13.9. The molecule has 2 aliphatic rings. The van der Waals surface area contributed by atoms with Gasteiger partial charge in [-0.3, -0.25) is 4.79 Å². The molecular weight excluding hydrogens is 547 g/mol. The second-order valence-corrected chi connectivity index (χ2v) is 10.4. The number of piperazine rings is 1. The van der Waals surface area contributed by atoms with Crippen LogP contribution in [0.1, 0.15) is 37.9 Å². The molecule has 2 N–H and O–H groups in total. The lowest BCUT2D eigenvalue weighted by atomic mass is 9.96. The van der Waals surface area contributed by atoms with Crippen LogP contribution in [0.2, 0.25) is 5.02 Å². The molecule has 1 aromatic heterocycles. The molecule has 0 bridgehead atoms. The summed E-state index contributed by atoms with van der Waals surface area (Å²) in [6, 6.07) is 12.0. The summed E-state index contributed by atoms with van der Waals surface area (Å²) in [6.45, 7) is 5.89. The molecule has 2 aliphatic heterocycles. The standard InChI is InChI=1S/C21H19ClF3N3O2.C7H14N2O/c1-29-17-8-5-13(9-18(17)30-2)15-10-19(21(23,24)25)28-20(26-15)11-16(27-28)12-3-6-14(22)7-4-12;1-6-4-9(5-10)7(2)3-8-6/h3-9,11,15,19,26H,10H2,1-2H3;5-8H,3-4H2,1-2H3/t;6-,7-/m.1/s1. The van der Waals surface area contributed by atoms with Gasteiger partial charge in [0.25, 0.3) is 0 Å². The Morgan fingerprint density at radius 2 is 1.75 bits per heavy atom. The van der Waals surface area contributed by atoms with Crippen LogP contribution in [0.15, 0.2) is 48.5 Å². The third-order valence-electron chi connectivity index (χ3n) is 7.09. The minimum Gasteiger partial charge on any atom is -0.493 e. The molecular formula is C28H33ClF3N5O3. The monoisotopic (exact) mass is 579 g/mol. The first kappa shape index (κ1) is 29.5. The highest BCUT2D eigenvalue weighted by Crippen LogP contribution is 2.45. The van der Waals surface area contributed by atoms with Crippen LogP contribution in [-0.4, -0.2) is 66.7 Å². The van der Waals surface area contributed by atoms with Gasteiger partial charge in [-0.15, -0.1) is 0 Å². The maximum Gasteiger partial charge on any atom is 0.410 e. The van der Waals surface area contributed by atoms with E-state index in [0.717, 1.165) is 24.2 Å². The number of fused-ring (bicyclic) bond motifs is 1. The first-order valence-corrected chi connectivity index (χ1v) is 13.3. The third kappa shape index (κ3) is 6.64. The topological polar surface area (TPSA) is 80.7 Å². The summed E-state index contributed by atoms with van der Waals surface area (Å²) in [7, 11) is 2.99. The number of carbonyl (C=O) groups excluding carboxylic acids is 1. The van der Waals surface area contributed by atoms with E-state index in [9.17, 15) is 18.0 Å². The van der Waals surface area contributed by atoms with Crippen LogP contribution in [0, 0.1) is 0 Å². The van der Waals surface area contributed by atoms with Gasteiger partial charge in [-0.25, -0.2) is 4.68 Å². The molecule has 1 fully saturated rings. The van der Waals surface area contributed by atoms with Crippen molar-refractivity contribution in [3.63, 3.8) is 0 Å².